The van der Waals surface area contributed by atoms with Gasteiger partial charge in [0.1, 0.15) is 11.7 Å². The van der Waals surface area contributed by atoms with Gasteiger partial charge in [-0.15, -0.1) is 0 Å². The van der Waals surface area contributed by atoms with Gasteiger partial charge in [0.05, 0.1) is 27.7 Å². The van der Waals surface area contributed by atoms with Gasteiger partial charge >= 0.3 is 0 Å². The number of aliphatic imine (C=N–C) groups is 1. The van der Waals surface area contributed by atoms with Crippen molar-refractivity contribution in [2.24, 2.45) is 21.6 Å². The Balaban J connectivity index is 1.75. The highest BCUT2D eigenvalue weighted by Gasteiger charge is 2.44. The quantitative estimate of drug-likeness (QED) is 0.275. The topological polar surface area (TPSA) is 81.5 Å². The van der Waals surface area contributed by atoms with Crippen LogP contribution in [0.5, 0.6) is 0 Å². The minimum absolute atomic E-state index is 0.000397. The zero-order valence-electron chi connectivity index (χ0n) is 24.9. The molecule has 1 fully saturated rings. The van der Waals surface area contributed by atoms with Crippen LogP contribution in [0.2, 0.25) is 5.02 Å². The van der Waals surface area contributed by atoms with Crippen molar-refractivity contribution in [2.45, 2.75) is 53.1 Å². The molecule has 222 valence electrons. The molecule has 3 aliphatic heterocycles. The Morgan fingerprint density at radius 1 is 1.17 bits per heavy atom. The minimum Gasteiger partial charge on any atom is -0.349 e. The molecule has 0 N–H and O–H groups in total. The summed E-state index contributed by atoms with van der Waals surface area (Å²) >= 11 is 6.84. The molecule has 0 bridgehead atoms. The third-order valence-corrected chi connectivity index (χ3v) is 10.1. The first-order chi connectivity index (χ1) is 19.9. The van der Waals surface area contributed by atoms with Gasteiger partial charge < -0.3 is 9.80 Å². The number of fused-ring (bicyclic) bond motifs is 1. The number of amides is 1. The molecule has 3 aliphatic rings. The van der Waals surface area contributed by atoms with E-state index in [1.54, 1.807) is 40.5 Å². The van der Waals surface area contributed by atoms with E-state index in [4.69, 9.17) is 26.3 Å². The number of benzene rings is 1. The van der Waals surface area contributed by atoms with Crippen LogP contribution < -0.4 is 4.67 Å². The van der Waals surface area contributed by atoms with Crippen LogP contribution in [0.25, 0.3) is 11.3 Å². The molecule has 1 amide bonds. The molecular formula is C31H37ClFN6O2P. The first-order valence-corrected chi connectivity index (χ1v) is 16.7. The van der Waals surface area contributed by atoms with Gasteiger partial charge in [0.2, 0.25) is 5.91 Å². The second kappa shape index (κ2) is 11.4. The lowest BCUT2D eigenvalue weighted by atomic mass is 9.95. The molecule has 0 spiro atoms. The second-order valence-electron chi connectivity index (χ2n) is 11.7. The van der Waals surface area contributed by atoms with Crippen LogP contribution >= 0.6 is 19.0 Å². The van der Waals surface area contributed by atoms with Crippen LogP contribution in [0, 0.1) is 17.7 Å². The number of allylic oxidation sites excluding steroid dienone is 2. The average molecular weight is 611 g/mol. The van der Waals surface area contributed by atoms with Crippen molar-refractivity contribution in [1.29, 1.82) is 0 Å². The van der Waals surface area contributed by atoms with Crippen molar-refractivity contribution in [2.75, 3.05) is 24.4 Å². The van der Waals surface area contributed by atoms with Gasteiger partial charge in [-0.25, -0.2) is 9.37 Å². The number of aromatic nitrogens is 1. The maximum absolute atomic E-state index is 15.0. The molecule has 4 heterocycles. The van der Waals surface area contributed by atoms with Crippen LogP contribution in [-0.4, -0.2) is 64.6 Å². The summed E-state index contributed by atoms with van der Waals surface area (Å²) in [6.07, 6.45) is 3.90. The van der Waals surface area contributed by atoms with E-state index in [9.17, 15) is 9.36 Å². The molecule has 0 saturated carbocycles. The van der Waals surface area contributed by atoms with E-state index in [0.717, 1.165) is 11.4 Å². The largest absolute Gasteiger partial charge is 0.349 e. The van der Waals surface area contributed by atoms with Crippen molar-refractivity contribution in [1.82, 2.24) is 14.8 Å². The summed E-state index contributed by atoms with van der Waals surface area (Å²) in [7, 11) is -3.51. The molecular weight excluding hydrogens is 574 g/mol. The summed E-state index contributed by atoms with van der Waals surface area (Å²) < 4.78 is 36.5. The molecule has 1 unspecified atom stereocenters. The number of hydrogen-bond donors (Lipinski definition) is 0. The van der Waals surface area contributed by atoms with E-state index in [0.29, 0.717) is 36.7 Å². The number of piperazine rings is 1. The summed E-state index contributed by atoms with van der Waals surface area (Å²) in [4.78, 5) is 26.1. The first-order valence-electron chi connectivity index (χ1n) is 14.3. The zero-order valence-corrected chi connectivity index (χ0v) is 26.5. The van der Waals surface area contributed by atoms with Crippen LogP contribution in [-0.2, 0) is 9.36 Å². The number of carbonyl (C=O) groups excluding carboxylic acids is 1. The Morgan fingerprint density at radius 3 is 2.55 bits per heavy atom. The Kier molecular flexibility index (Phi) is 8.20. The van der Waals surface area contributed by atoms with Gasteiger partial charge in [0.15, 0.2) is 5.82 Å². The van der Waals surface area contributed by atoms with Crippen molar-refractivity contribution >= 4 is 42.8 Å². The van der Waals surface area contributed by atoms with Crippen LogP contribution in [0.15, 0.2) is 64.1 Å². The normalized spacial score (nSPS) is 26.0. The Bertz CT molecular complexity index is 1590. The fraction of sp³-hybridized carbons (Fsp3) is 0.419. The highest BCUT2D eigenvalue weighted by molar-refractivity contribution is 7.64. The summed E-state index contributed by atoms with van der Waals surface area (Å²) in [6.45, 7) is 16.3. The van der Waals surface area contributed by atoms with E-state index in [2.05, 4.69) is 32.3 Å². The van der Waals surface area contributed by atoms with E-state index in [1.807, 2.05) is 20.1 Å². The molecule has 5 rings (SSSR count). The lowest BCUT2D eigenvalue weighted by Crippen LogP contribution is -2.59. The van der Waals surface area contributed by atoms with Crippen LogP contribution in [0.3, 0.4) is 0 Å². The highest BCUT2D eigenvalue weighted by atomic mass is 35.5. The van der Waals surface area contributed by atoms with E-state index in [-0.39, 0.29) is 46.1 Å². The molecule has 0 aliphatic carbocycles. The van der Waals surface area contributed by atoms with Gasteiger partial charge in [-0.05, 0) is 50.5 Å². The number of anilines is 1. The minimum atomic E-state index is -3.51. The number of amidine groups is 1. The van der Waals surface area contributed by atoms with Crippen LogP contribution in [0.4, 0.5) is 10.2 Å². The van der Waals surface area contributed by atoms with Crippen molar-refractivity contribution in [3.63, 3.8) is 0 Å². The number of rotatable bonds is 4. The van der Waals surface area contributed by atoms with E-state index < -0.39 is 13.3 Å². The van der Waals surface area contributed by atoms with Crippen molar-refractivity contribution in [3.05, 3.63) is 70.8 Å². The van der Waals surface area contributed by atoms with E-state index in [1.165, 1.54) is 12.1 Å². The summed E-state index contributed by atoms with van der Waals surface area (Å²) in [6, 6.07) is 7.82. The standard InChI is InChI=1S/C31H37ClFN6O2P/c1-8-26(40)37-16-21(6)38(17-20(37)5)31-23-15-24(32)28(22-11-9-10-12-25(22)33)35-30(23)39(42(7,41)36-31)29-19(4)13-14-34-27(29)18(2)3/h8-12,14-15,18-21H,1,13,16-17H2,2-7H3/t19?,20-,21+,42-/m1/s1. The van der Waals surface area contributed by atoms with Crippen molar-refractivity contribution < 1.29 is 13.8 Å². The number of nitrogens with zero attached hydrogens (tertiary/aromatic N) is 6. The monoisotopic (exact) mass is 610 g/mol. The molecule has 11 heteroatoms. The van der Waals surface area contributed by atoms with Crippen LogP contribution in [0.1, 0.15) is 46.6 Å². The smallest absolute Gasteiger partial charge is 0.285 e. The molecule has 42 heavy (non-hydrogen) atoms. The maximum atomic E-state index is 15.0. The third kappa shape index (κ3) is 5.22. The maximum Gasteiger partial charge on any atom is 0.285 e. The highest BCUT2D eigenvalue weighted by Crippen LogP contribution is 2.59. The molecule has 0 radical (unpaired) electrons. The van der Waals surface area contributed by atoms with Crippen molar-refractivity contribution in [3.8, 4) is 11.3 Å². The molecule has 4 atom stereocenters. The van der Waals surface area contributed by atoms with Gasteiger partial charge in [-0.1, -0.05) is 51.1 Å². The predicted octanol–water partition coefficient (Wildman–Crippen LogP) is 7.02. The Morgan fingerprint density at radius 2 is 1.88 bits per heavy atom. The fourth-order valence-corrected chi connectivity index (χ4v) is 8.09. The number of halogens is 2. The second-order valence-corrected chi connectivity index (χ2v) is 14.3. The number of hydrogen-bond acceptors (Lipinski definition) is 5. The van der Waals surface area contributed by atoms with Gasteiger partial charge in [0, 0.05) is 49.5 Å². The van der Waals surface area contributed by atoms with E-state index >= 15 is 4.39 Å². The molecule has 1 saturated heterocycles. The number of carbonyl (C=O) groups is 1. The predicted molar refractivity (Wildman–Crippen MR) is 169 cm³/mol. The Hall–Kier alpha value is -3.29. The summed E-state index contributed by atoms with van der Waals surface area (Å²) in [5, 5.41) is 0.258. The SMILES string of the molecule is C=CC(=O)N1C[C@H](C)N(C2=N[P@@](C)(=O)N(C3=C(C(C)C)N=CCC3C)c3nc(-c4ccccc4F)c(Cl)cc32)C[C@H]1C. The zero-order chi connectivity index (χ0) is 30.5. The summed E-state index contributed by atoms with van der Waals surface area (Å²) in [5.41, 5.74) is 2.75. The first kappa shape index (κ1) is 30.2. The number of pyridine rings is 1. The fourth-order valence-electron chi connectivity index (χ4n) is 5.97. The molecule has 1 aromatic heterocycles. The Labute approximate surface area is 252 Å². The average Bonchev–Trinajstić information content (AvgIpc) is 2.94. The lowest BCUT2D eigenvalue weighted by molar-refractivity contribution is -0.130. The van der Waals surface area contributed by atoms with Gasteiger partial charge in [0.25, 0.3) is 7.44 Å². The summed E-state index contributed by atoms with van der Waals surface area (Å²) in [5.74, 6) is 0.389. The molecule has 2 aromatic rings. The van der Waals surface area contributed by atoms with Gasteiger partial charge in [-0.2, -0.15) is 4.76 Å². The molecule has 1 aromatic carbocycles. The molecule has 8 nitrogen and oxygen atoms in total. The van der Waals surface area contributed by atoms with Gasteiger partial charge in [-0.3, -0.25) is 19.0 Å². The lowest BCUT2D eigenvalue weighted by Gasteiger charge is -2.47. The third-order valence-electron chi connectivity index (χ3n) is 8.09.